The molecule has 0 spiro atoms. The Labute approximate surface area is 174 Å². The van der Waals surface area contributed by atoms with E-state index in [4.69, 9.17) is 0 Å². The predicted octanol–water partition coefficient (Wildman–Crippen LogP) is 1.88. The van der Waals surface area contributed by atoms with Gasteiger partial charge in [-0.05, 0) is 57.2 Å². The maximum absolute atomic E-state index is 12.3. The summed E-state index contributed by atoms with van der Waals surface area (Å²) < 4.78 is 23.1. The third-order valence-corrected chi connectivity index (χ3v) is 6.23. The second-order valence-electron chi connectivity index (χ2n) is 8.03. The van der Waals surface area contributed by atoms with E-state index in [1.54, 1.807) is 19.2 Å². The summed E-state index contributed by atoms with van der Waals surface area (Å²) in [6.07, 6.45) is 5.77. The zero-order valence-electron chi connectivity index (χ0n) is 17.9. The van der Waals surface area contributed by atoms with Crippen molar-refractivity contribution in [3.05, 3.63) is 29.8 Å². The van der Waals surface area contributed by atoms with Gasteiger partial charge in [-0.25, -0.2) is 8.42 Å². The van der Waals surface area contributed by atoms with Crippen LogP contribution in [0, 0.1) is 5.92 Å². The fourth-order valence-corrected chi connectivity index (χ4v) is 4.21. The van der Waals surface area contributed by atoms with Gasteiger partial charge in [-0.3, -0.25) is 9.79 Å². The lowest BCUT2D eigenvalue weighted by molar-refractivity contribution is -0.126. The zero-order chi connectivity index (χ0) is 21.4. The Morgan fingerprint density at radius 1 is 1.21 bits per heavy atom. The van der Waals surface area contributed by atoms with Gasteiger partial charge < -0.3 is 16.0 Å². The number of nitrogens with one attached hydrogen (secondary N) is 3. The lowest BCUT2D eigenvalue weighted by atomic mass is 9.85. The molecule has 8 heteroatoms. The average molecular weight is 423 g/mol. The molecule has 1 fully saturated rings. The van der Waals surface area contributed by atoms with E-state index in [9.17, 15) is 13.2 Å². The van der Waals surface area contributed by atoms with Crippen molar-refractivity contribution in [2.24, 2.45) is 10.9 Å². The van der Waals surface area contributed by atoms with Gasteiger partial charge in [0.05, 0.1) is 4.90 Å². The number of rotatable bonds is 7. The van der Waals surface area contributed by atoms with Gasteiger partial charge in [-0.2, -0.15) is 0 Å². The van der Waals surface area contributed by atoms with Crippen LogP contribution in [-0.2, 0) is 21.1 Å². The van der Waals surface area contributed by atoms with Crippen molar-refractivity contribution in [3.63, 3.8) is 0 Å². The van der Waals surface area contributed by atoms with Crippen molar-refractivity contribution < 1.29 is 13.2 Å². The molecule has 0 saturated heterocycles. The molecule has 29 heavy (non-hydrogen) atoms. The molecule has 2 atom stereocenters. The van der Waals surface area contributed by atoms with Crippen molar-refractivity contribution in [1.82, 2.24) is 16.0 Å². The van der Waals surface area contributed by atoms with Crippen molar-refractivity contribution >= 4 is 21.7 Å². The third kappa shape index (κ3) is 7.68. The molecule has 0 radical (unpaired) electrons. The molecule has 7 nitrogen and oxygen atoms in total. The lowest BCUT2D eigenvalue weighted by Gasteiger charge is -2.30. The summed E-state index contributed by atoms with van der Waals surface area (Å²) in [5.41, 5.74) is 1.06. The maximum Gasteiger partial charge on any atom is 0.223 e. The Hall–Kier alpha value is -2.09. The monoisotopic (exact) mass is 422 g/mol. The predicted molar refractivity (Wildman–Crippen MR) is 117 cm³/mol. The number of carbonyl (C=O) groups excluding carboxylic acids is 1. The first kappa shape index (κ1) is 23.2. The van der Waals surface area contributed by atoms with E-state index in [2.05, 4.69) is 20.9 Å². The van der Waals surface area contributed by atoms with Gasteiger partial charge in [0.15, 0.2) is 15.8 Å². The minimum atomic E-state index is -3.16. The quantitative estimate of drug-likeness (QED) is 0.460. The molecular formula is C21H34N4O3S. The molecule has 0 heterocycles. The molecule has 1 aliphatic rings. The first-order chi connectivity index (χ1) is 13.7. The highest BCUT2D eigenvalue weighted by Gasteiger charge is 2.27. The van der Waals surface area contributed by atoms with Crippen LogP contribution in [0.3, 0.4) is 0 Å². The Morgan fingerprint density at radius 2 is 1.90 bits per heavy atom. The van der Waals surface area contributed by atoms with Crippen LogP contribution in [0.5, 0.6) is 0 Å². The van der Waals surface area contributed by atoms with Crippen molar-refractivity contribution in [2.45, 2.75) is 62.9 Å². The van der Waals surface area contributed by atoms with Crippen LogP contribution in [0.1, 0.15) is 45.1 Å². The van der Waals surface area contributed by atoms with Gasteiger partial charge in [0, 0.05) is 37.8 Å². The molecule has 1 aliphatic carbocycles. The number of sulfone groups is 1. The minimum Gasteiger partial charge on any atom is -0.356 e. The van der Waals surface area contributed by atoms with Gasteiger partial charge in [-0.1, -0.05) is 18.6 Å². The fraction of sp³-hybridized carbons (Fsp3) is 0.619. The maximum atomic E-state index is 12.3. The molecule has 1 aromatic rings. The summed E-state index contributed by atoms with van der Waals surface area (Å²) >= 11 is 0. The molecule has 0 bridgehead atoms. The van der Waals surface area contributed by atoms with E-state index < -0.39 is 9.84 Å². The van der Waals surface area contributed by atoms with E-state index in [-0.39, 0.29) is 23.9 Å². The van der Waals surface area contributed by atoms with Crippen molar-refractivity contribution in [1.29, 1.82) is 0 Å². The topological polar surface area (TPSA) is 99.7 Å². The second kappa shape index (κ2) is 10.6. The van der Waals surface area contributed by atoms with Crippen LogP contribution in [0.4, 0.5) is 0 Å². The number of guanidine groups is 1. The first-order valence-electron chi connectivity index (χ1n) is 10.3. The summed E-state index contributed by atoms with van der Waals surface area (Å²) in [6, 6.07) is 7.36. The SMILES string of the molecule is CN=C(NCCc1ccc(S(C)(=O)=O)cc1)NC1CCCC(C(=O)NC(C)C)C1. The molecular weight excluding hydrogens is 388 g/mol. The summed E-state index contributed by atoms with van der Waals surface area (Å²) in [5, 5.41) is 9.76. The van der Waals surface area contributed by atoms with Gasteiger partial charge in [0.2, 0.25) is 5.91 Å². The summed E-state index contributed by atoms with van der Waals surface area (Å²) in [6.45, 7) is 4.65. The van der Waals surface area contributed by atoms with Crippen LogP contribution in [0.2, 0.25) is 0 Å². The van der Waals surface area contributed by atoms with Gasteiger partial charge in [-0.15, -0.1) is 0 Å². The van der Waals surface area contributed by atoms with Crippen LogP contribution < -0.4 is 16.0 Å². The minimum absolute atomic E-state index is 0.0510. The summed E-state index contributed by atoms with van der Waals surface area (Å²) in [5.74, 6) is 0.926. The first-order valence-corrected chi connectivity index (χ1v) is 12.1. The largest absolute Gasteiger partial charge is 0.356 e. The van der Waals surface area contributed by atoms with Gasteiger partial charge in [0.25, 0.3) is 0 Å². The molecule has 2 unspecified atom stereocenters. The Morgan fingerprint density at radius 3 is 2.48 bits per heavy atom. The Balaban J connectivity index is 1.81. The molecule has 1 amide bonds. The van der Waals surface area contributed by atoms with Crippen LogP contribution in [0.15, 0.2) is 34.2 Å². The van der Waals surface area contributed by atoms with E-state index >= 15 is 0 Å². The highest BCUT2D eigenvalue weighted by atomic mass is 32.2. The number of amides is 1. The molecule has 1 aromatic carbocycles. The number of hydrogen-bond donors (Lipinski definition) is 3. The third-order valence-electron chi connectivity index (χ3n) is 5.10. The number of hydrogen-bond acceptors (Lipinski definition) is 4. The standard InChI is InChI=1S/C21H34N4O3S/c1-15(2)24-20(26)17-6-5-7-18(14-17)25-21(22-3)23-13-12-16-8-10-19(11-9-16)29(4,27)28/h8-11,15,17-18H,5-7,12-14H2,1-4H3,(H,24,26)(H2,22,23,25). The van der Waals surface area contributed by atoms with Crippen LogP contribution in [-0.4, -0.2) is 52.2 Å². The molecule has 1 saturated carbocycles. The highest BCUT2D eigenvalue weighted by Crippen LogP contribution is 2.24. The fourth-order valence-electron chi connectivity index (χ4n) is 3.58. The number of aliphatic imine (C=N–C) groups is 1. The average Bonchev–Trinajstić information content (AvgIpc) is 2.66. The Bertz CT molecular complexity index is 804. The number of nitrogens with zero attached hydrogens (tertiary/aromatic N) is 1. The van der Waals surface area contributed by atoms with E-state index in [1.165, 1.54) is 6.26 Å². The van der Waals surface area contributed by atoms with E-state index in [1.807, 2.05) is 26.0 Å². The van der Waals surface area contributed by atoms with Crippen molar-refractivity contribution in [2.75, 3.05) is 19.8 Å². The van der Waals surface area contributed by atoms with E-state index in [0.29, 0.717) is 11.4 Å². The molecule has 3 N–H and O–H groups in total. The Kier molecular flexibility index (Phi) is 8.49. The van der Waals surface area contributed by atoms with Crippen LogP contribution >= 0.6 is 0 Å². The smallest absolute Gasteiger partial charge is 0.223 e. The van der Waals surface area contributed by atoms with Gasteiger partial charge >= 0.3 is 0 Å². The van der Waals surface area contributed by atoms with Crippen LogP contribution in [0.25, 0.3) is 0 Å². The summed E-state index contributed by atoms with van der Waals surface area (Å²) in [4.78, 5) is 16.9. The molecule has 0 aromatic heterocycles. The summed E-state index contributed by atoms with van der Waals surface area (Å²) in [7, 11) is -1.43. The van der Waals surface area contributed by atoms with E-state index in [0.717, 1.165) is 43.6 Å². The van der Waals surface area contributed by atoms with Gasteiger partial charge in [0.1, 0.15) is 0 Å². The molecule has 162 valence electrons. The number of carbonyl (C=O) groups is 1. The molecule has 2 rings (SSSR count). The number of benzene rings is 1. The zero-order valence-corrected chi connectivity index (χ0v) is 18.7. The highest BCUT2D eigenvalue weighted by molar-refractivity contribution is 7.90. The second-order valence-corrected chi connectivity index (χ2v) is 10.0. The normalized spacial score (nSPS) is 20.4. The lowest BCUT2D eigenvalue weighted by Crippen LogP contribution is -2.47. The molecule has 0 aliphatic heterocycles. The van der Waals surface area contributed by atoms with Crippen molar-refractivity contribution in [3.8, 4) is 0 Å².